The number of hydrogen-bond donors (Lipinski definition) is 1. The van der Waals surface area contributed by atoms with Gasteiger partial charge in [-0.25, -0.2) is 4.98 Å². The Morgan fingerprint density at radius 3 is 2.73 bits per heavy atom. The van der Waals surface area contributed by atoms with Gasteiger partial charge in [-0.15, -0.1) is 11.3 Å². The third-order valence-electron chi connectivity index (χ3n) is 4.44. The van der Waals surface area contributed by atoms with E-state index in [4.69, 9.17) is 11.6 Å². The zero-order valence-electron chi connectivity index (χ0n) is 15.9. The van der Waals surface area contributed by atoms with Crippen LogP contribution in [0.2, 0.25) is 5.02 Å². The summed E-state index contributed by atoms with van der Waals surface area (Å²) in [6.07, 6.45) is 0. The molecule has 0 spiro atoms. The minimum absolute atomic E-state index is 0.111. The lowest BCUT2D eigenvalue weighted by Crippen LogP contribution is -2.27. The molecule has 152 valence electrons. The average Bonchev–Trinajstić information content (AvgIpc) is 3.27. The molecular formula is C22H18ClN3O2S2. The van der Waals surface area contributed by atoms with Gasteiger partial charge in [0.15, 0.2) is 5.16 Å². The number of halogens is 1. The molecule has 0 atom stereocenters. The SMILES string of the molecule is O=C(CSc1nc2cc(Cl)ccc2c(=O)n1Cc1ccccc1)NCc1cccs1. The summed E-state index contributed by atoms with van der Waals surface area (Å²) < 4.78 is 1.61. The summed E-state index contributed by atoms with van der Waals surface area (Å²) in [5.74, 6) is 0.0543. The number of aromatic nitrogens is 2. The second-order valence-electron chi connectivity index (χ2n) is 6.58. The summed E-state index contributed by atoms with van der Waals surface area (Å²) in [4.78, 5) is 31.2. The summed E-state index contributed by atoms with van der Waals surface area (Å²) in [6, 6.07) is 18.7. The van der Waals surface area contributed by atoms with E-state index in [1.54, 1.807) is 34.1 Å². The lowest BCUT2D eigenvalue weighted by Gasteiger charge is -2.13. The lowest BCUT2D eigenvalue weighted by atomic mass is 10.2. The van der Waals surface area contributed by atoms with Crippen LogP contribution < -0.4 is 10.9 Å². The van der Waals surface area contributed by atoms with E-state index in [2.05, 4.69) is 10.3 Å². The van der Waals surface area contributed by atoms with Crippen LogP contribution in [0.3, 0.4) is 0 Å². The van der Waals surface area contributed by atoms with E-state index in [1.165, 1.54) is 11.8 Å². The minimum Gasteiger partial charge on any atom is -0.350 e. The number of rotatable bonds is 7. The standard InChI is InChI=1S/C22H18ClN3O2S2/c23-16-8-9-18-19(11-16)25-22(26(21(18)28)13-15-5-2-1-3-6-15)30-14-20(27)24-12-17-7-4-10-29-17/h1-11H,12-14H2,(H,24,27). The molecule has 2 heterocycles. The normalized spacial score (nSPS) is 11.0. The van der Waals surface area contributed by atoms with Crippen molar-refractivity contribution >= 4 is 51.5 Å². The van der Waals surface area contributed by atoms with Crippen molar-refractivity contribution in [1.82, 2.24) is 14.9 Å². The van der Waals surface area contributed by atoms with Crippen LogP contribution in [0.25, 0.3) is 10.9 Å². The van der Waals surface area contributed by atoms with Gasteiger partial charge < -0.3 is 5.32 Å². The van der Waals surface area contributed by atoms with Crippen LogP contribution in [0.15, 0.2) is 76.0 Å². The highest BCUT2D eigenvalue weighted by molar-refractivity contribution is 7.99. The fourth-order valence-corrected chi connectivity index (χ4v) is 4.61. The number of amides is 1. The molecule has 0 radical (unpaired) electrons. The van der Waals surface area contributed by atoms with Gasteiger partial charge in [0.2, 0.25) is 5.91 Å². The third kappa shape index (κ3) is 4.92. The summed E-state index contributed by atoms with van der Waals surface area (Å²) >= 11 is 8.93. The first-order valence-electron chi connectivity index (χ1n) is 9.26. The molecule has 4 rings (SSSR count). The van der Waals surface area contributed by atoms with Crippen molar-refractivity contribution in [2.24, 2.45) is 0 Å². The maximum absolute atomic E-state index is 13.2. The number of nitrogens with one attached hydrogen (secondary N) is 1. The van der Waals surface area contributed by atoms with Crippen molar-refractivity contribution < 1.29 is 4.79 Å². The molecule has 0 bridgehead atoms. The molecule has 2 aromatic heterocycles. The van der Waals surface area contributed by atoms with Gasteiger partial charge in [0.1, 0.15) is 0 Å². The van der Waals surface area contributed by atoms with E-state index in [9.17, 15) is 9.59 Å². The average molecular weight is 456 g/mol. The quantitative estimate of drug-likeness (QED) is 0.327. The molecule has 0 saturated carbocycles. The Morgan fingerprint density at radius 2 is 1.97 bits per heavy atom. The van der Waals surface area contributed by atoms with Gasteiger partial charge in [0, 0.05) is 9.90 Å². The third-order valence-corrected chi connectivity index (χ3v) is 6.53. The zero-order valence-corrected chi connectivity index (χ0v) is 18.3. The lowest BCUT2D eigenvalue weighted by molar-refractivity contribution is -0.118. The topological polar surface area (TPSA) is 64.0 Å². The van der Waals surface area contributed by atoms with Gasteiger partial charge in [0.25, 0.3) is 5.56 Å². The number of thiophene rings is 1. The monoisotopic (exact) mass is 455 g/mol. The molecule has 8 heteroatoms. The number of carbonyl (C=O) groups is 1. The molecule has 1 N–H and O–H groups in total. The van der Waals surface area contributed by atoms with Gasteiger partial charge in [-0.1, -0.05) is 59.8 Å². The Kier molecular flexibility index (Phi) is 6.52. The number of hydrogen-bond acceptors (Lipinski definition) is 5. The molecule has 2 aromatic carbocycles. The van der Waals surface area contributed by atoms with E-state index >= 15 is 0 Å². The Balaban J connectivity index is 1.60. The van der Waals surface area contributed by atoms with Gasteiger partial charge >= 0.3 is 0 Å². The van der Waals surface area contributed by atoms with Gasteiger partial charge in [0.05, 0.1) is 29.7 Å². The van der Waals surface area contributed by atoms with Crippen LogP contribution in [0.4, 0.5) is 0 Å². The summed E-state index contributed by atoms with van der Waals surface area (Å²) in [5.41, 5.74) is 1.36. The highest BCUT2D eigenvalue weighted by Gasteiger charge is 2.14. The molecule has 5 nitrogen and oxygen atoms in total. The molecule has 0 aliphatic carbocycles. The smallest absolute Gasteiger partial charge is 0.262 e. The highest BCUT2D eigenvalue weighted by Crippen LogP contribution is 2.21. The van der Waals surface area contributed by atoms with Gasteiger partial charge in [-0.05, 0) is 35.2 Å². The Hall–Kier alpha value is -2.61. The molecular weight excluding hydrogens is 438 g/mol. The molecule has 0 saturated heterocycles. The zero-order chi connectivity index (χ0) is 20.9. The van der Waals surface area contributed by atoms with E-state index in [-0.39, 0.29) is 17.2 Å². The molecule has 1 amide bonds. The van der Waals surface area contributed by atoms with Crippen molar-refractivity contribution in [3.05, 3.63) is 91.9 Å². The fraction of sp³-hybridized carbons (Fsp3) is 0.136. The Bertz CT molecular complexity index is 1220. The van der Waals surface area contributed by atoms with E-state index in [0.717, 1.165) is 10.4 Å². The molecule has 30 heavy (non-hydrogen) atoms. The predicted octanol–water partition coefficient (Wildman–Crippen LogP) is 4.57. The maximum atomic E-state index is 13.2. The second kappa shape index (κ2) is 9.47. The number of nitrogens with zero attached hydrogens (tertiary/aromatic N) is 2. The van der Waals surface area contributed by atoms with Crippen molar-refractivity contribution in [3.63, 3.8) is 0 Å². The first-order chi connectivity index (χ1) is 14.6. The highest BCUT2D eigenvalue weighted by atomic mass is 35.5. The second-order valence-corrected chi connectivity index (χ2v) is 8.99. The van der Waals surface area contributed by atoms with Crippen LogP contribution in [-0.4, -0.2) is 21.2 Å². The van der Waals surface area contributed by atoms with Crippen molar-refractivity contribution in [2.45, 2.75) is 18.2 Å². The molecule has 0 unspecified atom stereocenters. The van der Waals surface area contributed by atoms with Gasteiger partial charge in [-0.2, -0.15) is 0 Å². The van der Waals surface area contributed by atoms with E-state index in [0.29, 0.717) is 34.2 Å². The molecule has 4 aromatic rings. The molecule has 0 aliphatic heterocycles. The van der Waals surface area contributed by atoms with E-state index < -0.39 is 0 Å². The number of carbonyl (C=O) groups excluding carboxylic acids is 1. The summed E-state index contributed by atoms with van der Waals surface area (Å²) in [5, 5.41) is 6.38. The van der Waals surface area contributed by atoms with Crippen LogP contribution >= 0.6 is 34.7 Å². The number of fused-ring (bicyclic) bond motifs is 1. The van der Waals surface area contributed by atoms with E-state index in [1.807, 2.05) is 47.8 Å². The fourth-order valence-electron chi connectivity index (χ4n) is 2.97. The van der Waals surface area contributed by atoms with Crippen molar-refractivity contribution in [3.8, 4) is 0 Å². The number of benzene rings is 2. The van der Waals surface area contributed by atoms with Crippen LogP contribution in [0.5, 0.6) is 0 Å². The first kappa shape index (κ1) is 20.7. The Labute approximate surface area is 186 Å². The largest absolute Gasteiger partial charge is 0.350 e. The minimum atomic E-state index is -0.151. The molecule has 0 aliphatic rings. The van der Waals surface area contributed by atoms with Crippen molar-refractivity contribution in [2.75, 3.05) is 5.75 Å². The van der Waals surface area contributed by atoms with Crippen LogP contribution in [0, 0.1) is 0 Å². The summed E-state index contributed by atoms with van der Waals surface area (Å²) in [6.45, 7) is 0.874. The van der Waals surface area contributed by atoms with Crippen LogP contribution in [0.1, 0.15) is 10.4 Å². The molecule has 0 fully saturated rings. The summed E-state index contributed by atoms with van der Waals surface area (Å²) in [7, 11) is 0. The number of thioether (sulfide) groups is 1. The first-order valence-corrected chi connectivity index (χ1v) is 11.5. The predicted molar refractivity (Wildman–Crippen MR) is 123 cm³/mol. The maximum Gasteiger partial charge on any atom is 0.262 e. The van der Waals surface area contributed by atoms with Crippen LogP contribution in [-0.2, 0) is 17.9 Å². The van der Waals surface area contributed by atoms with Gasteiger partial charge in [-0.3, -0.25) is 14.2 Å². The van der Waals surface area contributed by atoms with Crippen molar-refractivity contribution in [1.29, 1.82) is 0 Å². The Morgan fingerprint density at radius 1 is 1.13 bits per heavy atom.